The molecule has 0 N–H and O–H groups in total. The van der Waals surface area contributed by atoms with Gasteiger partial charge in [-0.1, -0.05) is 35.9 Å². The molecule has 0 bridgehead atoms. The molecule has 2 aliphatic heterocycles. The molecule has 3 heterocycles. The fraction of sp³-hybridized carbons (Fsp3) is 0.484. The van der Waals surface area contributed by atoms with E-state index < -0.39 is 0 Å². The number of hydrogen-bond donors (Lipinski definition) is 0. The molecule has 2 aliphatic rings. The molecule has 5 rings (SSSR count). The summed E-state index contributed by atoms with van der Waals surface area (Å²) in [5, 5.41) is 1.50. The van der Waals surface area contributed by atoms with Crippen molar-refractivity contribution in [2.45, 2.75) is 51.3 Å². The standard InChI is InChI=1S/C31H39ClN4O3/c1-22(2)39-30-7-5-4-6-26(30)23-10-12-35(13-11-23)31(38)28-20-36(29-18-24(32)8-9-27(28)29)19-25(21-37)34-16-14-33(3)15-17-34/h4-9,18,20-23,25H,10-17,19H2,1-3H3. The van der Waals surface area contributed by atoms with Gasteiger partial charge in [-0.05, 0) is 63.4 Å². The van der Waals surface area contributed by atoms with Crippen LogP contribution in [-0.4, -0.2) is 89.9 Å². The lowest BCUT2D eigenvalue weighted by Gasteiger charge is -2.35. The van der Waals surface area contributed by atoms with E-state index in [1.807, 2.05) is 59.8 Å². The van der Waals surface area contributed by atoms with Gasteiger partial charge in [0, 0.05) is 62.4 Å². The van der Waals surface area contributed by atoms with Crippen molar-refractivity contribution >= 4 is 34.7 Å². The zero-order chi connectivity index (χ0) is 27.5. The number of carbonyl (C=O) groups is 2. The first kappa shape index (κ1) is 27.7. The van der Waals surface area contributed by atoms with Crippen LogP contribution in [0.2, 0.25) is 5.02 Å². The highest BCUT2D eigenvalue weighted by Crippen LogP contribution is 2.35. The molecule has 1 aromatic heterocycles. The number of aldehydes is 1. The number of rotatable bonds is 8. The van der Waals surface area contributed by atoms with Crippen LogP contribution in [0.4, 0.5) is 0 Å². The van der Waals surface area contributed by atoms with Crippen LogP contribution in [0, 0.1) is 0 Å². The fourth-order valence-corrected chi connectivity index (χ4v) is 6.10. The number of ether oxygens (including phenoxy) is 1. The summed E-state index contributed by atoms with van der Waals surface area (Å²) in [5.74, 6) is 1.34. The van der Waals surface area contributed by atoms with Gasteiger partial charge in [0.2, 0.25) is 0 Å². The van der Waals surface area contributed by atoms with E-state index in [2.05, 4.69) is 29.0 Å². The van der Waals surface area contributed by atoms with E-state index in [4.69, 9.17) is 16.3 Å². The highest BCUT2D eigenvalue weighted by Gasteiger charge is 2.29. The van der Waals surface area contributed by atoms with Crippen LogP contribution in [0.1, 0.15) is 48.5 Å². The first-order valence-corrected chi connectivity index (χ1v) is 14.4. The Labute approximate surface area is 236 Å². The molecule has 208 valence electrons. The summed E-state index contributed by atoms with van der Waals surface area (Å²) >= 11 is 6.38. The van der Waals surface area contributed by atoms with Crippen molar-refractivity contribution in [1.82, 2.24) is 19.3 Å². The van der Waals surface area contributed by atoms with Crippen LogP contribution in [0.15, 0.2) is 48.7 Å². The predicted molar refractivity (Wildman–Crippen MR) is 156 cm³/mol. The van der Waals surface area contributed by atoms with Crippen molar-refractivity contribution in [2.75, 3.05) is 46.3 Å². The van der Waals surface area contributed by atoms with E-state index in [9.17, 15) is 9.59 Å². The lowest BCUT2D eigenvalue weighted by molar-refractivity contribution is -0.113. The van der Waals surface area contributed by atoms with Crippen LogP contribution in [-0.2, 0) is 11.3 Å². The molecular formula is C31H39ClN4O3. The van der Waals surface area contributed by atoms with Crippen molar-refractivity contribution in [1.29, 1.82) is 0 Å². The van der Waals surface area contributed by atoms with Crippen LogP contribution in [0.25, 0.3) is 10.9 Å². The molecule has 0 aliphatic carbocycles. The molecule has 7 nitrogen and oxygen atoms in total. The van der Waals surface area contributed by atoms with E-state index in [1.54, 1.807) is 0 Å². The van der Waals surface area contributed by atoms with E-state index in [0.717, 1.165) is 62.0 Å². The van der Waals surface area contributed by atoms with Gasteiger partial charge in [0.05, 0.1) is 23.2 Å². The number of carbonyl (C=O) groups excluding carboxylic acids is 2. The molecular weight excluding hydrogens is 512 g/mol. The average Bonchev–Trinajstić information content (AvgIpc) is 3.29. The first-order valence-electron chi connectivity index (χ1n) is 14.0. The molecule has 1 atom stereocenters. The van der Waals surface area contributed by atoms with Crippen molar-refractivity contribution in [3.05, 3.63) is 64.8 Å². The number of fused-ring (bicyclic) bond motifs is 1. The highest BCUT2D eigenvalue weighted by molar-refractivity contribution is 6.31. The summed E-state index contributed by atoms with van der Waals surface area (Å²) in [7, 11) is 2.10. The molecule has 0 radical (unpaired) electrons. The Balaban J connectivity index is 1.34. The van der Waals surface area contributed by atoms with Crippen molar-refractivity contribution in [3.8, 4) is 5.75 Å². The van der Waals surface area contributed by atoms with Gasteiger partial charge in [-0.15, -0.1) is 0 Å². The zero-order valence-electron chi connectivity index (χ0n) is 23.2. The number of nitrogens with zero attached hydrogens (tertiary/aromatic N) is 4. The molecule has 2 saturated heterocycles. The Bertz CT molecular complexity index is 1310. The molecule has 1 amide bonds. The fourth-order valence-electron chi connectivity index (χ4n) is 5.93. The number of piperazine rings is 1. The predicted octanol–water partition coefficient (Wildman–Crippen LogP) is 4.92. The summed E-state index contributed by atoms with van der Waals surface area (Å²) in [6, 6.07) is 13.7. The number of para-hydroxylation sites is 1. The van der Waals surface area contributed by atoms with Gasteiger partial charge in [0.25, 0.3) is 5.91 Å². The number of halogens is 1. The number of likely N-dealkylation sites (N-methyl/N-ethyl adjacent to an activating group) is 1. The monoisotopic (exact) mass is 550 g/mol. The first-order chi connectivity index (χ1) is 18.8. The molecule has 0 saturated carbocycles. The SMILES string of the molecule is CC(C)Oc1ccccc1C1CCN(C(=O)c2cn(CC(C=O)N3CCN(C)CC3)c3cc(Cl)ccc23)CC1. The van der Waals surface area contributed by atoms with Crippen molar-refractivity contribution < 1.29 is 14.3 Å². The molecule has 2 aromatic carbocycles. The maximum absolute atomic E-state index is 13.8. The Morgan fingerprint density at radius 2 is 1.77 bits per heavy atom. The Hall–Kier alpha value is -2.87. The second-order valence-corrected chi connectivity index (χ2v) is 11.6. The number of hydrogen-bond acceptors (Lipinski definition) is 5. The Morgan fingerprint density at radius 3 is 2.46 bits per heavy atom. The summed E-state index contributed by atoms with van der Waals surface area (Å²) in [5.41, 5.74) is 2.79. The number of piperidine rings is 1. The van der Waals surface area contributed by atoms with Gasteiger partial charge in [0.15, 0.2) is 0 Å². The molecule has 2 fully saturated rings. The third-order valence-corrected chi connectivity index (χ3v) is 8.36. The summed E-state index contributed by atoms with van der Waals surface area (Å²) in [4.78, 5) is 32.4. The summed E-state index contributed by atoms with van der Waals surface area (Å²) in [6.45, 7) is 9.56. The Kier molecular flexibility index (Phi) is 8.60. The minimum absolute atomic E-state index is 0.0356. The third kappa shape index (κ3) is 6.16. The van der Waals surface area contributed by atoms with E-state index >= 15 is 0 Å². The van der Waals surface area contributed by atoms with Gasteiger partial charge in [-0.2, -0.15) is 0 Å². The topological polar surface area (TPSA) is 58.0 Å². The number of benzene rings is 2. The van der Waals surface area contributed by atoms with Gasteiger partial charge < -0.3 is 23.9 Å². The Morgan fingerprint density at radius 1 is 1.05 bits per heavy atom. The maximum atomic E-state index is 13.8. The largest absolute Gasteiger partial charge is 0.491 e. The van der Waals surface area contributed by atoms with Gasteiger partial charge in [-0.3, -0.25) is 9.69 Å². The highest BCUT2D eigenvalue weighted by atomic mass is 35.5. The second kappa shape index (κ2) is 12.1. The third-order valence-electron chi connectivity index (χ3n) is 8.13. The maximum Gasteiger partial charge on any atom is 0.256 e. The number of likely N-dealkylation sites (tertiary alicyclic amines) is 1. The van der Waals surface area contributed by atoms with E-state index in [-0.39, 0.29) is 18.1 Å². The van der Waals surface area contributed by atoms with Crippen molar-refractivity contribution in [3.63, 3.8) is 0 Å². The smallest absolute Gasteiger partial charge is 0.256 e. The number of amides is 1. The molecule has 39 heavy (non-hydrogen) atoms. The molecule has 1 unspecified atom stereocenters. The van der Waals surface area contributed by atoms with Gasteiger partial charge in [0.1, 0.15) is 12.0 Å². The van der Waals surface area contributed by atoms with E-state index in [1.165, 1.54) is 5.56 Å². The van der Waals surface area contributed by atoms with Crippen LogP contribution in [0.5, 0.6) is 5.75 Å². The van der Waals surface area contributed by atoms with Gasteiger partial charge >= 0.3 is 0 Å². The van der Waals surface area contributed by atoms with Crippen molar-refractivity contribution in [2.24, 2.45) is 0 Å². The lowest BCUT2D eigenvalue weighted by Crippen LogP contribution is -2.50. The zero-order valence-corrected chi connectivity index (χ0v) is 23.9. The minimum atomic E-state index is -0.250. The molecule has 3 aromatic rings. The van der Waals surface area contributed by atoms with Gasteiger partial charge in [-0.25, -0.2) is 0 Å². The normalized spacial score (nSPS) is 18.5. The van der Waals surface area contributed by atoms with Crippen LogP contribution < -0.4 is 4.74 Å². The quantitative estimate of drug-likeness (QED) is 0.373. The molecule has 0 spiro atoms. The summed E-state index contributed by atoms with van der Waals surface area (Å²) in [6.07, 6.45) is 4.87. The minimum Gasteiger partial charge on any atom is -0.491 e. The number of aromatic nitrogens is 1. The van der Waals surface area contributed by atoms with Crippen LogP contribution >= 0.6 is 11.6 Å². The van der Waals surface area contributed by atoms with Crippen LogP contribution in [0.3, 0.4) is 0 Å². The molecule has 8 heteroatoms. The average molecular weight is 551 g/mol. The summed E-state index contributed by atoms with van der Waals surface area (Å²) < 4.78 is 8.11. The van der Waals surface area contributed by atoms with E-state index in [0.29, 0.717) is 36.1 Å². The second-order valence-electron chi connectivity index (χ2n) is 11.2. The lowest BCUT2D eigenvalue weighted by atomic mass is 9.88.